The van der Waals surface area contributed by atoms with Crippen molar-refractivity contribution in [1.29, 1.82) is 0 Å². The molecule has 0 saturated carbocycles. The highest BCUT2D eigenvalue weighted by molar-refractivity contribution is 5.80. The molecule has 2 nitrogen and oxygen atoms in total. The second kappa shape index (κ2) is 4.22. The van der Waals surface area contributed by atoms with Gasteiger partial charge in [0.1, 0.15) is 11.6 Å². The first kappa shape index (κ1) is 11.1. The van der Waals surface area contributed by atoms with Crippen LogP contribution in [0.25, 0.3) is 10.9 Å². The lowest BCUT2D eigenvalue weighted by Gasteiger charge is -2.11. The van der Waals surface area contributed by atoms with Crippen LogP contribution < -0.4 is 0 Å². The van der Waals surface area contributed by atoms with Gasteiger partial charge in [0.25, 0.3) is 0 Å². The number of halogens is 2. The quantitative estimate of drug-likeness (QED) is 0.777. The van der Waals surface area contributed by atoms with Crippen LogP contribution in [0.5, 0.6) is 0 Å². The molecule has 4 heteroatoms. The molecule has 0 aliphatic heterocycles. The van der Waals surface area contributed by atoms with Crippen molar-refractivity contribution in [3.8, 4) is 0 Å². The van der Waals surface area contributed by atoms with E-state index in [1.54, 1.807) is 12.3 Å². The molecule has 0 aliphatic rings. The molecule has 0 bridgehead atoms. The van der Waals surface area contributed by atoms with E-state index in [9.17, 15) is 8.78 Å². The topological polar surface area (TPSA) is 8.17 Å². The molecule has 0 atom stereocenters. The fraction of sp³-hybridized carbons (Fsp3) is 0.333. The highest BCUT2D eigenvalue weighted by Crippen LogP contribution is 2.20. The lowest BCUT2D eigenvalue weighted by atomic mass is 10.2. The summed E-state index contributed by atoms with van der Waals surface area (Å²) in [6.07, 6.45) is 1.79. The first-order chi connectivity index (χ1) is 7.58. The minimum absolute atomic E-state index is 0.472. The third-order valence-electron chi connectivity index (χ3n) is 2.59. The first-order valence-corrected chi connectivity index (χ1v) is 5.16. The predicted molar refractivity (Wildman–Crippen MR) is 60.4 cm³/mol. The maximum Gasteiger partial charge on any atom is 0.135 e. The number of likely N-dealkylation sites (N-methyl/N-ethyl adjacent to an activating group) is 1. The van der Waals surface area contributed by atoms with Crippen LogP contribution in [0.2, 0.25) is 0 Å². The SMILES string of the molecule is CN(C)CCn1ccc2c(F)cc(F)cc21. The summed E-state index contributed by atoms with van der Waals surface area (Å²) in [5.41, 5.74) is 0.611. The molecule has 2 aromatic rings. The van der Waals surface area contributed by atoms with Gasteiger partial charge in [-0.1, -0.05) is 0 Å². The lowest BCUT2D eigenvalue weighted by Crippen LogP contribution is -2.17. The summed E-state index contributed by atoms with van der Waals surface area (Å²) >= 11 is 0. The fourth-order valence-corrected chi connectivity index (χ4v) is 1.72. The highest BCUT2D eigenvalue weighted by atomic mass is 19.1. The Morgan fingerprint density at radius 3 is 2.69 bits per heavy atom. The van der Waals surface area contributed by atoms with E-state index in [0.717, 1.165) is 19.2 Å². The molecule has 0 spiro atoms. The van der Waals surface area contributed by atoms with Crippen LogP contribution in [0.15, 0.2) is 24.4 Å². The van der Waals surface area contributed by atoms with Gasteiger partial charge in [-0.25, -0.2) is 8.78 Å². The van der Waals surface area contributed by atoms with Gasteiger partial charge in [0.15, 0.2) is 0 Å². The van der Waals surface area contributed by atoms with E-state index in [1.807, 2.05) is 23.6 Å². The zero-order chi connectivity index (χ0) is 11.7. The van der Waals surface area contributed by atoms with E-state index in [2.05, 4.69) is 0 Å². The maximum atomic E-state index is 13.4. The van der Waals surface area contributed by atoms with Crippen molar-refractivity contribution in [1.82, 2.24) is 9.47 Å². The van der Waals surface area contributed by atoms with Crippen LogP contribution in [-0.2, 0) is 6.54 Å². The van der Waals surface area contributed by atoms with Crippen LogP contribution in [0.3, 0.4) is 0 Å². The molecule has 1 aromatic heterocycles. The molecule has 0 unspecified atom stereocenters. The summed E-state index contributed by atoms with van der Waals surface area (Å²) in [5.74, 6) is -1.03. The highest BCUT2D eigenvalue weighted by Gasteiger charge is 2.08. The zero-order valence-corrected chi connectivity index (χ0v) is 9.37. The summed E-state index contributed by atoms with van der Waals surface area (Å²) < 4.78 is 28.3. The van der Waals surface area contributed by atoms with E-state index in [4.69, 9.17) is 0 Å². The Bertz CT molecular complexity index is 503. The van der Waals surface area contributed by atoms with Crippen molar-refractivity contribution in [2.24, 2.45) is 0 Å². The van der Waals surface area contributed by atoms with E-state index < -0.39 is 11.6 Å². The molecule has 1 aromatic carbocycles. The van der Waals surface area contributed by atoms with Crippen molar-refractivity contribution >= 4 is 10.9 Å². The average Bonchev–Trinajstić information content (AvgIpc) is 2.58. The van der Waals surface area contributed by atoms with Crippen LogP contribution in [0.4, 0.5) is 8.78 Å². The van der Waals surface area contributed by atoms with Gasteiger partial charge in [-0.2, -0.15) is 0 Å². The molecule has 0 N–H and O–H groups in total. The molecule has 0 aliphatic carbocycles. The Morgan fingerprint density at radius 1 is 1.25 bits per heavy atom. The van der Waals surface area contributed by atoms with Crippen molar-refractivity contribution in [3.63, 3.8) is 0 Å². The molecule has 86 valence electrons. The Hall–Kier alpha value is -1.42. The third-order valence-corrected chi connectivity index (χ3v) is 2.59. The van der Waals surface area contributed by atoms with E-state index in [-0.39, 0.29) is 0 Å². The van der Waals surface area contributed by atoms with Gasteiger partial charge in [0, 0.05) is 30.7 Å². The largest absolute Gasteiger partial charge is 0.346 e. The number of hydrogen-bond acceptors (Lipinski definition) is 1. The Labute approximate surface area is 93.1 Å². The Balaban J connectivity index is 2.40. The molecule has 0 amide bonds. The minimum Gasteiger partial charge on any atom is -0.346 e. The number of nitrogens with zero attached hydrogens (tertiary/aromatic N) is 2. The molecule has 16 heavy (non-hydrogen) atoms. The molecule has 1 heterocycles. The first-order valence-electron chi connectivity index (χ1n) is 5.16. The monoisotopic (exact) mass is 224 g/mol. The smallest absolute Gasteiger partial charge is 0.135 e. The summed E-state index contributed by atoms with van der Waals surface area (Å²) in [7, 11) is 3.93. The molecule has 0 saturated heterocycles. The average molecular weight is 224 g/mol. The van der Waals surface area contributed by atoms with Gasteiger partial charge in [-0.15, -0.1) is 0 Å². The van der Waals surface area contributed by atoms with Crippen molar-refractivity contribution in [2.75, 3.05) is 20.6 Å². The Morgan fingerprint density at radius 2 is 2.00 bits per heavy atom. The second-order valence-electron chi connectivity index (χ2n) is 4.13. The van der Waals surface area contributed by atoms with E-state index in [1.165, 1.54) is 6.07 Å². The van der Waals surface area contributed by atoms with Gasteiger partial charge in [-0.3, -0.25) is 0 Å². The van der Waals surface area contributed by atoms with Crippen molar-refractivity contribution in [3.05, 3.63) is 36.0 Å². The van der Waals surface area contributed by atoms with Crippen molar-refractivity contribution in [2.45, 2.75) is 6.54 Å². The summed E-state index contributed by atoms with van der Waals surface area (Å²) in [5, 5.41) is 0.472. The number of rotatable bonds is 3. The van der Waals surface area contributed by atoms with Gasteiger partial charge in [-0.05, 0) is 26.2 Å². The number of fused-ring (bicyclic) bond motifs is 1. The molecule has 2 rings (SSSR count). The number of hydrogen-bond donors (Lipinski definition) is 0. The summed E-state index contributed by atoms with van der Waals surface area (Å²) in [4.78, 5) is 2.03. The third kappa shape index (κ3) is 2.07. The summed E-state index contributed by atoms with van der Waals surface area (Å²) in [6, 6.07) is 3.96. The molecular formula is C12H14F2N2. The Kier molecular flexibility index (Phi) is 2.92. The van der Waals surface area contributed by atoms with Gasteiger partial charge < -0.3 is 9.47 Å². The maximum absolute atomic E-state index is 13.4. The molecular weight excluding hydrogens is 210 g/mol. The van der Waals surface area contributed by atoms with E-state index in [0.29, 0.717) is 10.9 Å². The van der Waals surface area contributed by atoms with Crippen LogP contribution in [0.1, 0.15) is 0 Å². The van der Waals surface area contributed by atoms with E-state index >= 15 is 0 Å². The van der Waals surface area contributed by atoms with Gasteiger partial charge >= 0.3 is 0 Å². The van der Waals surface area contributed by atoms with Gasteiger partial charge in [0.05, 0.1) is 5.52 Å². The second-order valence-corrected chi connectivity index (χ2v) is 4.13. The minimum atomic E-state index is -0.533. The van der Waals surface area contributed by atoms with Crippen LogP contribution in [0, 0.1) is 11.6 Å². The normalized spacial score (nSPS) is 11.6. The van der Waals surface area contributed by atoms with Crippen LogP contribution in [-0.4, -0.2) is 30.1 Å². The van der Waals surface area contributed by atoms with Crippen molar-refractivity contribution < 1.29 is 8.78 Å². The molecule has 0 radical (unpaired) electrons. The standard InChI is InChI=1S/C12H14F2N2/c1-15(2)5-6-16-4-3-10-11(14)7-9(13)8-12(10)16/h3-4,7-8H,5-6H2,1-2H3. The number of aromatic nitrogens is 1. The zero-order valence-electron chi connectivity index (χ0n) is 9.37. The predicted octanol–water partition coefficient (Wildman–Crippen LogP) is 2.48. The number of benzene rings is 1. The molecule has 0 fully saturated rings. The summed E-state index contributed by atoms with van der Waals surface area (Å²) in [6.45, 7) is 1.56. The lowest BCUT2D eigenvalue weighted by molar-refractivity contribution is 0.387. The van der Waals surface area contributed by atoms with Gasteiger partial charge in [0.2, 0.25) is 0 Å². The van der Waals surface area contributed by atoms with Crippen LogP contribution >= 0.6 is 0 Å². The fourth-order valence-electron chi connectivity index (χ4n) is 1.72.